The fourth-order valence-corrected chi connectivity index (χ4v) is 1.14. The Kier molecular flexibility index (Phi) is 4.01. The first-order chi connectivity index (χ1) is 7.85. The summed E-state index contributed by atoms with van der Waals surface area (Å²) in [4.78, 5) is 9.79. The lowest BCUT2D eigenvalue weighted by Gasteiger charge is -2.23. The van der Waals surface area contributed by atoms with Crippen LogP contribution in [0.15, 0.2) is 18.2 Å². The first kappa shape index (κ1) is 13.4. The molecule has 0 atom stereocenters. The summed E-state index contributed by atoms with van der Waals surface area (Å²) in [7, 11) is 1.56. The first-order valence-electron chi connectivity index (χ1n) is 5.09. The van der Waals surface area contributed by atoms with Crippen LogP contribution in [-0.2, 0) is 4.74 Å². The van der Waals surface area contributed by atoms with E-state index in [1.807, 2.05) is 13.8 Å². The van der Waals surface area contributed by atoms with Gasteiger partial charge < -0.3 is 10.1 Å². The molecule has 0 aliphatic rings. The number of non-ortho nitro benzene ring substituents is 1. The Bertz CT molecular complexity index is 421. The summed E-state index contributed by atoms with van der Waals surface area (Å²) < 4.78 is 18.6. The van der Waals surface area contributed by atoms with Crippen LogP contribution in [0.1, 0.15) is 13.8 Å². The molecular weight excluding hydrogens is 227 g/mol. The molecule has 0 amide bonds. The monoisotopic (exact) mass is 242 g/mol. The van der Waals surface area contributed by atoms with E-state index < -0.39 is 16.3 Å². The van der Waals surface area contributed by atoms with Gasteiger partial charge >= 0.3 is 0 Å². The number of nitro groups is 1. The Morgan fingerprint density at radius 3 is 2.65 bits per heavy atom. The lowest BCUT2D eigenvalue weighted by molar-refractivity contribution is -0.385. The third-order valence-electron chi connectivity index (χ3n) is 2.42. The van der Waals surface area contributed by atoms with Crippen LogP contribution in [0.5, 0.6) is 0 Å². The minimum Gasteiger partial charge on any atom is -0.380 e. The zero-order valence-corrected chi connectivity index (χ0v) is 9.99. The summed E-state index contributed by atoms with van der Waals surface area (Å²) in [6.45, 7) is 4.10. The van der Waals surface area contributed by atoms with Gasteiger partial charge in [0.25, 0.3) is 5.69 Å². The molecule has 0 bridgehead atoms. The van der Waals surface area contributed by atoms with Crippen LogP contribution in [0.3, 0.4) is 0 Å². The van der Waals surface area contributed by atoms with Gasteiger partial charge in [-0.25, -0.2) is 4.39 Å². The van der Waals surface area contributed by atoms with E-state index in [-0.39, 0.29) is 11.4 Å². The Balaban J connectivity index is 2.77. The van der Waals surface area contributed by atoms with E-state index in [1.165, 1.54) is 12.1 Å². The Labute approximate surface area is 98.7 Å². The second-order valence-electron chi connectivity index (χ2n) is 4.24. The summed E-state index contributed by atoms with van der Waals surface area (Å²) in [6.07, 6.45) is 0. The Morgan fingerprint density at radius 2 is 2.18 bits per heavy atom. The van der Waals surface area contributed by atoms with Crippen molar-refractivity contribution in [1.82, 2.24) is 0 Å². The van der Waals surface area contributed by atoms with E-state index >= 15 is 0 Å². The van der Waals surface area contributed by atoms with Gasteiger partial charge in [-0.1, -0.05) is 0 Å². The van der Waals surface area contributed by atoms with Crippen LogP contribution in [0.25, 0.3) is 0 Å². The van der Waals surface area contributed by atoms with E-state index in [9.17, 15) is 14.5 Å². The van der Waals surface area contributed by atoms with Crippen molar-refractivity contribution in [3.8, 4) is 0 Å². The molecule has 0 aliphatic heterocycles. The van der Waals surface area contributed by atoms with Crippen molar-refractivity contribution >= 4 is 11.4 Å². The van der Waals surface area contributed by atoms with E-state index in [2.05, 4.69) is 5.32 Å². The van der Waals surface area contributed by atoms with Crippen LogP contribution in [0.4, 0.5) is 15.8 Å². The molecule has 0 saturated carbocycles. The van der Waals surface area contributed by atoms with Crippen molar-refractivity contribution in [2.24, 2.45) is 0 Å². The van der Waals surface area contributed by atoms with Crippen LogP contribution in [-0.4, -0.2) is 24.2 Å². The summed E-state index contributed by atoms with van der Waals surface area (Å²) in [6, 6.07) is 3.49. The molecule has 0 unspecified atom stereocenters. The number of nitrogens with one attached hydrogen (secondary N) is 1. The Morgan fingerprint density at radius 1 is 1.53 bits per heavy atom. The summed E-state index contributed by atoms with van der Waals surface area (Å²) in [5.74, 6) is -0.647. The van der Waals surface area contributed by atoms with Crippen molar-refractivity contribution in [3.05, 3.63) is 34.1 Å². The number of nitro benzene ring substituents is 1. The maximum Gasteiger partial charge on any atom is 0.272 e. The fourth-order valence-electron chi connectivity index (χ4n) is 1.14. The summed E-state index contributed by atoms with van der Waals surface area (Å²) >= 11 is 0. The van der Waals surface area contributed by atoms with Gasteiger partial charge in [0, 0.05) is 19.7 Å². The van der Waals surface area contributed by atoms with Gasteiger partial charge in [0.1, 0.15) is 0 Å². The van der Waals surface area contributed by atoms with Crippen molar-refractivity contribution < 1.29 is 14.1 Å². The van der Waals surface area contributed by atoms with Crippen LogP contribution >= 0.6 is 0 Å². The van der Waals surface area contributed by atoms with Crippen LogP contribution < -0.4 is 5.32 Å². The number of ether oxygens (including phenoxy) is 1. The smallest absolute Gasteiger partial charge is 0.272 e. The topological polar surface area (TPSA) is 64.4 Å². The number of benzene rings is 1. The van der Waals surface area contributed by atoms with E-state index in [0.717, 1.165) is 6.07 Å². The lowest BCUT2D eigenvalue weighted by atomic mass is 10.1. The molecule has 0 saturated heterocycles. The highest BCUT2D eigenvalue weighted by Gasteiger charge is 2.17. The average molecular weight is 242 g/mol. The molecule has 94 valence electrons. The van der Waals surface area contributed by atoms with Gasteiger partial charge in [0.05, 0.1) is 22.3 Å². The quantitative estimate of drug-likeness (QED) is 0.636. The standard InChI is InChI=1S/C11H15FN2O3/c1-11(2,17-3)7-13-10-5-4-8(14(15)16)6-9(10)12/h4-6,13H,7H2,1-3H3. The Hall–Kier alpha value is -1.69. The van der Waals surface area contributed by atoms with Crippen molar-refractivity contribution in [3.63, 3.8) is 0 Å². The molecule has 0 radical (unpaired) electrons. The van der Waals surface area contributed by atoms with Gasteiger partial charge in [-0.05, 0) is 19.9 Å². The van der Waals surface area contributed by atoms with Gasteiger partial charge in [-0.15, -0.1) is 0 Å². The molecule has 5 nitrogen and oxygen atoms in total. The molecule has 0 heterocycles. The second-order valence-corrected chi connectivity index (χ2v) is 4.24. The zero-order valence-electron chi connectivity index (χ0n) is 9.99. The molecule has 0 fully saturated rings. The van der Waals surface area contributed by atoms with Crippen molar-refractivity contribution in [2.45, 2.75) is 19.4 Å². The molecular formula is C11H15FN2O3. The number of hydrogen-bond donors (Lipinski definition) is 1. The number of methoxy groups -OCH3 is 1. The number of halogens is 1. The molecule has 0 aromatic heterocycles. The highest BCUT2D eigenvalue weighted by Crippen LogP contribution is 2.21. The van der Waals surface area contributed by atoms with Gasteiger partial charge in [0.2, 0.25) is 0 Å². The van der Waals surface area contributed by atoms with E-state index in [4.69, 9.17) is 4.74 Å². The first-order valence-corrected chi connectivity index (χ1v) is 5.09. The van der Waals surface area contributed by atoms with Gasteiger partial charge in [-0.2, -0.15) is 0 Å². The van der Waals surface area contributed by atoms with E-state index in [0.29, 0.717) is 6.54 Å². The molecule has 0 aliphatic carbocycles. The van der Waals surface area contributed by atoms with E-state index in [1.54, 1.807) is 7.11 Å². The summed E-state index contributed by atoms with van der Waals surface area (Å²) in [5, 5.41) is 13.3. The number of rotatable bonds is 5. The number of hydrogen-bond acceptors (Lipinski definition) is 4. The van der Waals surface area contributed by atoms with Crippen LogP contribution in [0.2, 0.25) is 0 Å². The highest BCUT2D eigenvalue weighted by molar-refractivity contribution is 5.50. The van der Waals surface area contributed by atoms with Crippen LogP contribution in [0, 0.1) is 15.9 Å². The molecule has 17 heavy (non-hydrogen) atoms. The minimum absolute atomic E-state index is 0.223. The molecule has 6 heteroatoms. The lowest BCUT2D eigenvalue weighted by Crippen LogP contribution is -2.32. The fraction of sp³-hybridized carbons (Fsp3) is 0.455. The maximum absolute atomic E-state index is 13.5. The molecule has 1 aromatic carbocycles. The average Bonchev–Trinajstić information content (AvgIpc) is 2.27. The maximum atomic E-state index is 13.5. The molecule has 1 N–H and O–H groups in total. The number of nitrogens with zero attached hydrogens (tertiary/aromatic N) is 1. The third-order valence-corrected chi connectivity index (χ3v) is 2.42. The number of anilines is 1. The summed E-state index contributed by atoms with van der Waals surface area (Å²) in [5.41, 5.74) is -0.478. The highest BCUT2D eigenvalue weighted by atomic mass is 19.1. The molecule has 1 rings (SSSR count). The minimum atomic E-state index is -0.647. The predicted molar refractivity (Wildman–Crippen MR) is 62.6 cm³/mol. The van der Waals surface area contributed by atoms with Crippen molar-refractivity contribution in [1.29, 1.82) is 0 Å². The normalized spacial score (nSPS) is 11.3. The van der Waals surface area contributed by atoms with Crippen molar-refractivity contribution in [2.75, 3.05) is 19.0 Å². The largest absolute Gasteiger partial charge is 0.380 e. The zero-order chi connectivity index (χ0) is 13.1. The van der Waals surface area contributed by atoms with Gasteiger partial charge in [-0.3, -0.25) is 10.1 Å². The third kappa shape index (κ3) is 3.67. The molecule has 1 aromatic rings. The SMILES string of the molecule is COC(C)(C)CNc1ccc([N+](=O)[O-])cc1F. The second kappa shape index (κ2) is 5.09. The predicted octanol–water partition coefficient (Wildman–Crippen LogP) is 2.57. The van der Waals surface area contributed by atoms with Gasteiger partial charge in [0.15, 0.2) is 5.82 Å². The molecule has 0 spiro atoms.